The number of benzene rings is 1. The SMILES string of the molecule is CN=C(NCC(C)Cn1cccn1)NCC(c1ccc(OC)c(OC)c1)N1CCOCC1.I. The van der Waals surface area contributed by atoms with Crippen LogP contribution in [-0.2, 0) is 11.3 Å². The Balaban J connectivity index is 0.00000385. The number of methoxy groups -OCH3 is 2. The van der Waals surface area contributed by atoms with Crippen molar-refractivity contribution in [3.63, 3.8) is 0 Å². The highest BCUT2D eigenvalue weighted by Crippen LogP contribution is 2.32. The first-order chi connectivity index (χ1) is 15.6. The maximum Gasteiger partial charge on any atom is 0.191 e. The molecular weight excluding hydrogens is 535 g/mol. The van der Waals surface area contributed by atoms with Crippen molar-refractivity contribution in [1.82, 2.24) is 25.3 Å². The number of rotatable bonds is 10. The molecular formula is C23H37IN6O3. The molecule has 10 heteroatoms. The van der Waals surface area contributed by atoms with E-state index < -0.39 is 0 Å². The molecule has 2 atom stereocenters. The molecule has 1 fully saturated rings. The normalized spacial score (nSPS) is 16.4. The molecule has 0 bridgehead atoms. The summed E-state index contributed by atoms with van der Waals surface area (Å²) in [5, 5.41) is 11.2. The van der Waals surface area contributed by atoms with E-state index in [9.17, 15) is 0 Å². The van der Waals surface area contributed by atoms with Crippen LogP contribution in [-0.4, -0.2) is 81.3 Å². The van der Waals surface area contributed by atoms with Gasteiger partial charge in [0, 0.05) is 52.2 Å². The van der Waals surface area contributed by atoms with Crippen LogP contribution in [0.25, 0.3) is 0 Å². The average Bonchev–Trinajstić information content (AvgIpc) is 3.34. The van der Waals surface area contributed by atoms with Crippen molar-refractivity contribution in [2.45, 2.75) is 19.5 Å². The van der Waals surface area contributed by atoms with Crippen LogP contribution in [0.2, 0.25) is 0 Å². The first-order valence-electron chi connectivity index (χ1n) is 11.1. The predicted octanol–water partition coefficient (Wildman–Crippen LogP) is 2.39. The molecule has 3 rings (SSSR count). The fraction of sp³-hybridized carbons (Fsp3) is 0.565. The monoisotopic (exact) mass is 572 g/mol. The van der Waals surface area contributed by atoms with Crippen molar-refractivity contribution >= 4 is 29.9 Å². The molecule has 2 unspecified atom stereocenters. The van der Waals surface area contributed by atoms with Gasteiger partial charge in [0.15, 0.2) is 17.5 Å². The van der Waals surface area contributed by atoms with Crippen LogP contribution in [0, 0.1) is 5.92 Å². The minimum atomic E-state index is 0. The molecule has 1 aliphatic rings. The van der Waals surface area contributed by atoms with Crippen molar-refractivity contribution in [3.05, 3.63) is 42.2 Å². The molecule has 0 aliphatic carbocycles. The van der Waals surface area contributed by atoms with E-state index in [2.05, 4.69) is 44.7 Å². The van der Waals surface area contributed by atoms with Crippen LogP contribution in [0.5, 0.6) is 11.5 Å². The van der Waals surface area contributed by atoms with Crippen LogP contribution >= 0.6 is 24.0 Å². The molecule has 9 nitrogen and oxygen atoms in total. The Hall–Kier alpha value is -2.05. The Kier molecular flexibility index (Phi) is 11.8. The van der Waals surface area contributed by atoms with Crippen molar-refractivity contribution in [2.24, 2.45) is 10.9 Å². The fourth-order valence-electron chi connectivity index (χ4n) is 3.88. The van der Waals surface area contributed by atoms with Crippen LogP contribution in [0.15, 0.2) is 41.7 Å². The van der Waals surface area contributed by atoms with Crippen LogP contribution in [0.1, 0.15) is 18.5 Å². The van der Waals surface area contributed by atoms with Gasteiger partial charge in [0.05, 0.1) is 33.5 Å². The van der Waals surface area contributed by atoms with E-state index in [4.69, 9.17) is 14.2 Å². The van der Waals surface area contributed by atoms with E-state index in [1.54, 1.807) is 27.5 Å². The summed E-state index contributed by atoms with van der Waals surface area (Å²) in [5.74, 6) is 2.66. The highest BCUT2D eigenvalue weighted by atomic mass is 127. The number of aromatic nitrogens is 2. The molecule has 1 aromatic carbocycles. The first kappa shape index (κ1) is 27.2. The zero-order valence-corrected chi connectivity index (χ0v) is 22.3. The van der Waals surface area contributed by atoms with Gasteiger partial charge in [-0.15, -0.1) is 24.0 Å². The number of nitrogens with one attached hydrogen (secondary N) is 2. The first-order valence-corrected chi connectivity index (χ1v) is 11.1. The van der Waals surface area contributed by atoms with Gasteiger partial charge in [-0.1, -0.05) is 13.0 Å². The summed E-state index contributed by atoms with van der Waals surface area (Å²) in [5.41, 5.74) is 1.17. The quantitative estimate of drug-likeness (QED) is 0.257. The molecule has 0 saturated carbocycles. The number of aliphatic imine (C=N–C) groups is 1. The van der Waals surface area contributed by atoms with Crippen LogP contribution in [0.4, 0.5) is 0 Å². The minimum Gasteiger partial charge on any atom is -0.493 e. The number of nitrogens with zero attached hydrogens (tertiary/aromatic N) is 4. The zero-order chi connectivity index (χ0) is 22.8. The largest absolute Gasteiger partial charge is 0.493 e. The third-order valence-corrected chi connectivity index (χ3v) is 5.64. The molecule has 1 aromatic heterocycles. The standard InChI is InChI=1S/C23H36N6O3.HI/c1-18(17-29-9-5-8-27-29)15-25-23(24-2)26-16-20(28-10-12-32-13-11-28)19-6-7-21(30-3)22(14-19)31-4;/h5-9,14,18,20H,10-13,15-17H2,1-4H3,(H2,24,25,26);1H. The molecule has 1 saturated heterocycles. The van der Waals surface area contributed by atoms with Gasteiger partial charge in [0.2, 0.25) is 0 Å². The van der Waals surface area contributed by atoms with Gasteiger partial charge in [-0.3, -0.25) is 14.6 Å². The molecule has 33 heavy (non-hydrogen) atoms. The molecule has 0 amide bonds. The fourth-order valence-corrected chi connectivity index (χ4v) is 3.88. The molecule has 1 aliphatic heterocycles. The number of guanidine groups is 1. The van der Waals surface area contributed by atoms with Gasteiger partial charge in [0.1, 0.15) is 0 Å². The zero-order valence-electron chi connectivity index (χ0n) is 20.0. The summed E-state index contributed by atoms with van der Waals surface area (Å²) in [6.07, 6.45) is 3.79. The number of hydrogen-bond donors (Lipinski definition) is 2. The van der Waals surface area contributed by atoms with E-state index >= 15 is 0 Å². The maximum absolute atomic E-state index is 5.57. The number of hydrogen-bond acceptors (Lipinski definition) is 6. The van der Waals surface area contributed by atoms with E-state index in [0.29, 0.717) is 12.5 Å². The van der Waals surface area contributed by atoms with Crippen molar-refractivity contribution < 1.29 is 14.2 Å². The van der Waals surface area contributed by atoms with Gasteiger partial charge >= 0.3 is 0 Å². The topological polar surface area (TPSA) is 85.2 Å². The summed E-state index contributed by atoms with van der Waals surface area (Å²) >= 11 is 0. The lowest BCUT2D eigenvalue weighted by molar-refractivity contribution is 0.0169. The van der Waals surface area contributed by atoms with Crippen molar-refractivity contribution in [2.75, 3.05) is 60.7 Å². The summed E-state index contributed by atoms with van der Waals surface area (Å²) in [7, 11) is 5.12. The molecule has 2 N–H and O–H groups in total. The summed E-state index contributed by atoms with van der Waals surface area (Å²) in [6, 6.07) is 8.22. The van der Waals surface area contributed by atoms with E-state index in [1.165, 1.54) is 5.56 Å². The molecule has 184 valence electrons. The number of ether oxygens (including phenoxy) is 3. The lowest BCUT2D eigenvalue weighted by Gasteiger charge is -2.35. The highest BCUT2D eigenvalue weighted by Gasteiger charge is 2.24. The second-order valence-electron chi connectivity index (χ2n) is 7.95. The average molecular weight is 572 g/mol. The van der Waals surface area contributed by atoms with Crippen molar-refractivity contribution in [3.8, 4) is 11.5 Å². The summed E-state index contributed by atoms with van der Waals surface area (Å²) < 4.78 is 18.5. The Labute approximate surface area is 213 Å². The van der Waals surface area contributed by atoms with Gasteiger partial charge in [0.25, 0.3) is 0 Å². The number of halogens is 1. The third kappa shape index (κ3) is 8.04. The van der Waals surface area contributed by atoms with Gasteiger partial charge in [-0.25, -0.2) is 0 Å². The predicted molar refractivity (Wildman–Crippen MR) is 141 cm³/mol. The Morgan fingerprint density at radius 1 is 1.15 bits per heavy atom. The van der Waals surface area contributed by atoms with Crippen molar-refractivity contribution in [1.29, 1.82) is 0 Å². The summed E-state index contributed by atoms with van der Waals surface area (Å²) in [6.45, 7) is 7.81. The lowest BCUT2D eigenvalue weighted by Crippen LogP contribution is -2.47. The van der Waals surface area contributed by atoms with Gasteiger partial charge < -0.3 is 24.8 Å². The maximum atomic E-state index is 5.57. The summed E-state index contributed by atoms with van der Waals surface area (Å²) in [4.78, 5) is 6.85. The second kappa shape index (κ2) is 14.3. The Morgan fingerprint density at radius 2 is 1.88 bits per heavy atom. The molecule has 0 spiro atoms. The van der Waals surface area contributed by atoms with E-state index in [1.807, 2.05) is 23.0 Å². The smallest absolute Gasteiger partial charge is 0.191 e. The van der Waals surface area contributed by atoms with Crippen LogP contribution < -0.4 is 20.1 Å². The van der Waals surface area contributed by atoms with E-state index in [0.717, 1.165) is 56.9 Å². The van der Waals surface area contributed by atoms with E-state index in [-0.39, 0.29) is 30.0 Å². The number of morpholine rings is 1. The van der Waals surface area contributed by atoms with Gasteiger partial charge in [-0.05, 0) is 29.7 Å². The molecule has 2 aromatic rings. The van der Waals surface area contributed by atoms with Crippen LogP contribution in [0.3, 0.4) is 0 Å². The highest BCUT2D eigenvalue weighted by molar-refractivity contribution is 14.0. The molecule has 2 heterocycles. The second-order valence-corrected chi connectivity index (χ2v) is 7.95. The van der Waals surface area contributed by atoms with Gasteiger partial charge in [-0.2, -0.15) is 5.10 Å². The Morgan fingerprint density at radius 3 is 2.52 bits per heavy atom. The minimum absolute atomic E-state index is 0. The molecule has 0 radical (unpaired) electrons. The Bertz CT molecular complexity index is 843. The lowest BCUT2D eigenvalue weighted by atomic mass is 10.0. The third-order valence-electron chi connectivity index (χ3n) is 5.64.